The molecule has 0 bridgehead atoms. The van der Waals surface area contributed by atoms with Gasteiger partial charge in [-0.2, -0.15) is 5.10 Å². The van der Waals surface area contributed by atoms with Crippen LogP contribution in [0.5, 0.6) is 0 Å². The summed E-state index contributed by atoms with van der Waals surface area (Å²) < 4.78 is 30.0. The molecule has 2 aromatic rings. The van der Waals surface area contributed by atoms with Crippen molar-refractivity contribution in [3.63, 3.8) is 0 Å². The van der Waals surface area contributed by atoms with Gasteiger partial charge in [-0.25, -0.2) is 13.1 Å². The third kappa shape index (κ3) is 2.22. The van der Waals surface area contributed by atoms with Crippen molar-refractivity contribution in [3.05, 3.63) is 30.4 Å². The van der Waals surface area contributed by atoms with Crippen LogP contribution in [0.2, 0.25) is 0 Å². The predicted molar refractivity (Wildman–Crippen MR) is 49.1 cm³/mol. The number of nitrogens with zero attached hydrogens (tertiary/aromatic N) is 2. The maximum atomic E-state index is 11.6. The molecule has 8 heteroatoms. The van der Waals surface area contributed by atoms with E-state index < -0.39 is 10.0 Å². The molecule has 0 saturated carbocycles. The molecule has 0 radical (unpaired) electrons. The van der Waals surface area contributed by atoms with Gasteiger partial charge in [0.05, 0.1) is 18.4 Å². The van der Waals surface area contributed by atoms with Crippen molar-refractivity contribution in [2.24, 2.45) is 0 Å². The van der Waals surface area contributed by atoms with Crippen molar-refractivity contribution in [3.8, 4) is 0 Å². The summed E-state index contributed by atoms with van der Waals surface area (Å²) in [5, 5.41) is 9.56. The molecule has 0 amide bonds. The Morgan fingerprint density at radius 3 is 3.00 bits per heavy atom. The number of H-pyrrole nitrogens is 1. The topological polar surface area (TPSA) is 101 Å². The first-order valence-electron chi connectivity index (χ1n) is 4.06. The Bertz CT molecular complexity index is 502. The van der Waals surface area contributed by atoms with E-state index >= 15 is 0 Å². The second-order valence-electron chi connectivity index (χ2n) is 2.75. The molecular formula is C7H8N4O3S. The third-order valence-electron chi connectivity index (χ3n) is 1.72. The molecule has 2 rings (SSSR count). The number of aromatic amines is 1. The van der Waals surface area contributed by atoms with Gasteiger partial charge in [0.25, 0.3) is 0 Å². The Kier molecular flexibility index (Phi) is 2.52. The van der Waals surface area contributed by atoms with Gasteiger partial charge in [-0.05, 0) is 0 Å². The molecule has 0 aliphatic rings. The maximum absolute atomic E-state index is 11.6. The fourth-order valence-electron chi connectivity index (χ4n) is 0.967. The molecule has 0 fully saturated rings. The molecule has 0 saturated heterocycles. The number of aromatic nitrogens is 3. The average molecular weight is 228 g/mol. The fraction of sp³-hybridized carbons (Fsp3) is 0.143. The number of hydrogen-bond acceptors (Lipinski definition) is 5. The van der Waals surface area contributed by atoms with Gasteiger partial charge in [0, 0.05) is 12.3 Å². The van der Waals surface area contributed by atoms with Gasteiger partial charge < -0.3 is 4.52 Å². The van der Waals surface area contributed by atoms with Crippen molar-refractivity contribution in [1.29, 1.82) is 0 Å². The van der Waals surface area contributed by atoms with Crippen molar-refractivity contribution in [2.45, 2.75) is 11.4 Å². The highest BCUT2D eigenvalue weighted by Gasteiger charge is 2.14. The van der Waals surface area contributed by atoms with Crippen molar-refractivity contribution >= 4 is 10.0 Å². The SMILES string of the molecule is O=S(=O)(NCc1ccon1)c1cn[nH]c1. The quantitative estimate of drug-likeness (QED) is 0.759. The zero-order valence-corrected chi connectivity index (χ0v) is 8.36. The smallest absolute Gasteiger partial charge is 0.244 e. The Morgan fingerprint density at radius 2 is 2.40 bits per heavy atom. The van der Waals surface area contributed by atoms with Gasteiger partial charge in [0.2, 0.25) is 10.0 Å². The van der Waals surface area contributed by atoms with E-state index in [2.05, 4.69) is 24.6 Å². The Labute approximate surface area is 85.5 Å². The van der Waals surface area contributed by atoms with Crippen molar-refractivity contribution in [2.75, 3.05) is 0 Å². The molecule has 80 valence electrons. The molecule has 7 nitrogen and oxygen atoms in total. The molecule has 0 aromatic carbocycles. The largest absolute Gasteiger partial charge is 0.364 e. The highest BCUT2D eigenvalue weighted by atomic mass is 32.2. The van der Waals surface area contributed by atoms with E-state index in [1.54, 1.807) is 6.07 Å². The Balaban J connectivity index is 2.06. The van der Waals surface area contributed by atoms with Crippen LogP contribution in [0.15, 0.2) is 34.1 Å². The highest BCUT2D eigenvalue weighted by Crippen LogP contribution is 2.05. The Hall–Kier alpha value is -1.67. The van der Waals surface area contributed by atoms with E-state index in [4.69, 9.17) is 0 Å². The van der Waals surface area contributed by atoms with Gasteiger partial charge in [-0.15, -0.1) is 0 Å². The molecule has 0 aliphatic carbocycles. The zero-order valence-electron chi connectivity index (χ0n) is 7.54. The number of nitrogens with one attached hydrogen (secondary N) is 2. The molecular weight excluding hydrogens is 220 g/mol. The molecule has 2 heterocycles. The summed E-state index contributed by atoms with van der Waals surface area (Å²) in [4.78, 5) is 0.0889. The van der Waals surface area contributed by atoms with E-state index in [-0.39, 0.29) is 11.4 Å². The lowest BCUT2D eigenvalue weighted by molar-refractivity contribution is 0.411. The predicted octanol–water partition coefficient (Wildman–Crippen LogP) is -0.124. The third-order valence-corrected chi connectivity index (χ3v) is 3.09. The van der Waals surface area contributed by atoms with Crippen LogP contribution in [0.1, 0.15) is 5.69 Å². The van der Waals surface area contributed by atoms with E-state index in [9.17, 15) is 8.42 Å². The summed E-state index contributed by atoms with van der Waals surface area (Å²) in [5.41, 5.74) is 0.516. The van der Waals surface area contributed by atoms with Gasteiger partial charge in [0.1, 0.15) is 11.2 Å². The second kappa shape index (κ2) is 3.83. The standard InChI is InChI=1S/C7H8N4O3S/c12-15(13,7-4-8-9-5-7)10-3-6-1-2-14-11-6/h1-2,4-5,10H,3H2,(H,8,9). The first-order valence-corrected chi connectivity index (χ1v) is 5.54. The summed E-state index contributed by atoms with van der Waals surface area (Å²) in [6.07, 6.45) is 3.90. The van der Waals surface area contributed by atoms with Crippen LogP contribution in [-0.2, 0) is 16.6 Å². The molecule has 0 aliphatic heterocycles. The summed E-state index contributed by atoms with van der Waals surface area (Å²) >= 11 is 0. The first kappa shape index (κ1) is 9.87. The first-order chi connectivity index (χ1) is 7.18. The molecule has 0 atom stereocenters. The molecule has 2 aromatic heterocycles. The van der Waals surface area contributed by atoms with E-state index in [1.165, 1.54) is 18.7 Å². The lowest BCUT2D eigenvalue weighted by Crippen LogP contribution is -2.22. The summed E-state index contributed by atoms with van der Waals surface area (Å²) in [5.74, 6) is 0. The number of rotatable bonds is 4. The van der Waals surface area contributed by atoms with Gasteiger partial charge in [-0.1, -0.05) is 5.16 Å². The summed E-state index contributed by atoms with van der Waals surface area (Å²) in [7, 11) is -3.52. The number of hydrogen-bond donors (Lipinski definition) is 2. The van der Waals surface area contributed by atoms with Gasteiger partial charge in [0.15, 0.2) is 0 Å². The second-order valence-corrected chi connectivity index (χ2v) is 4.52. The van der Waals surface area contributed by atoms with Gasteiger partial charge in [-0.3, -0.25) is 5.10 Å². The van der Waals surface area contributed by atoms with Crippen molar-refractivity contribution < 1.29 is 12.9 Å². The van der Waals surface area contributed by atoms with Crippen LogP contribution in [0.25, 0.3) is 0 Å². The van der Waals surface area contributed by atoms with Crippen LogP contribution in [-0.4, -0.2) is 23.8 Å². The molecule has 2 N–H and O–H groups in total. The average Bonchev–Trinajstić information content (AvgIpc) is 2.88. The van der Waals surface area contributed by atoms with Crippen LogP contribution in [0, 0.1) is 0 Å². The monoisotopic (exact) mass is 228 g/mol. The van der Waals surface area contributed by atoms with E-state index in [1.807, 2.05) is 0 Å². The lowest BCUT2D eigenvalue weighted by atomic mass is 10.5. The normalized spacial score (nSPS) is 11.7. The molecule has 0 spiro atoms. The molecule has 0 unspecified atom stereocenters. The minimum atomic E-state index is -3.52. The maximum Gasteiger partial charge on any atom is 0.244 e. The van der Waals surface area contributed by atoms with Crippen LogP contribution >= 0.6 is 0 Å². The minimum Gasteiger partial charge on any atom is -0.364 e. The number of sulfonamides is 1. The highest BCUT2D eigenvalue weighted by molar-refractivity contribution is 7.89. The Morgan fingerprint density at radius 1 is 1.53 bits per heavy atom. The van der Waals surface area contributed by atoms with Gasteiger partial charge >= 0.3 is 0 Å². The summed E-state index contributed by atoms with van der Waals surface area (Å²) in [6, 6.07) is 1.58. The van der Waals surface area contributed by atoms with Crippen LogP contribution < -0.4 is 4.72 Å². The van der Waals surface area contributed by atoms with Crippen molar-refractivity contribution in [1.82, 2.24) is 20.1 Å². The van der Waals surface area contributed by atoms with E-state index in [0.717, 1.165) is 0 Å². The van der Waals surface area contributed by atoms with E-state index in [0.29, 0.717) is 5.69 Å². The zero-order chi connectivity index (χ0) is 10.7. The summed E-state index contributed by atoms with van der Waals surface area (Å²) in [6.45, 7) is 0.0873. The van der Waals surface area contributed by atoms with Crippen LogP contribution in [0.4, 0.5) is 0 Å². The fourth-order valence-corrected chi connectivity index (χ4v) is 1.87. The molecule has 15 heavy (non-hydrogen) atoms. The van der Waals surface area contributed by atoms with Crippen LogP contribution in [0.3, 0.4) is 0 Å². The minimum absolute atomic E-state index is 0.0873. The lowest BCUT2D eigenvalue weighted by Gasteiger charge is -2.00.